The number of carbonyl (C=O) groups excluding carboxylic acids is 1. The molecule has 0 aliphatic rings. The molecule has 1 heterocycles. The lowest BCUT2D eigenvalue weighted by atomic mass is 10.0. The molecule has 0 aliphatic carbocycles. The number of hydrogen-bond donors (Lipinski definition) is 1. The van der Waals surface area contributed by atoms with Gasteiger partial charge in [0, 0.05) is 10.9 Å². The van der Waals surface area contributed by atoms with E-state index in [0.29, 0.717) is 28.2 Å². The van der Waals surface area contributed by atoms with Gasteiger partial charge in [0.25, 0.3) is 0 Å². The Morgan fingerprint density at radius 3 is 2.07 bits per heavy atom. The van der Waals surface area contributed by atoms with E-state index >= 15 is 0 Å². The number of hydrogen-bond acceptors (Lipinski definition) is 7. The van der Waals surface area contributed by atoms with Gasteiger partial charge in [0.15, 0.2) is 33.3 Å². The van der Waals surface area contributed by atoms with Gasteiger partial charge < -0.3 is 28.5 Å². The van der Waals surface area contributed by atoms with E-state index in [1.165, 1.54) is 28.4 Å². The van der Waals surface area contributed by atoms with Gasteiger partial charge in [-0.3, -0.25) is 4.79 Å². The maximum absolute atomic E-state index is 13.2. The number of fused-ring (bicyclic) bond motifs is 1. The topological polar surface area (TPSA) is 87.4 Å². The zero-order chi connectivity index (χ0) is 19.7. The van der Waals surface area contributed by atoms with E-state index in [4.69, 9.17) is 23.4 Å². The van der Waals surface area contributed by atoms with Crippen molar-refractivity contribution in [2.45, 2.75) is 0 Å². The highest BCUT2D eigenvalue weighted by Crippen LogP contribution is 2.43. The van der Waals surface area contributed by atoms with Crippen LogP contribution in [0.15, 0.2) is 33.4 Å². The zero-order valence-corrected chi connectivity index (χ0v) is 16.7. The van der Waals surface area contributed by atoms with E-state index in [1.807, 2.05) is 0 Å². The second kappa shape index (κ2) is 7.40. The van der Waals surface area contributed by atoms with Crippen molar-refractivity contribution >= 4 is 32.7 Å². The molecule has 1 aromatic heterocycles. The fourth-order valence-electron chi connectivity index (χ4n) is 2.83. The number of rotatable bonds is 6. The smallest absolute Gasteiger partial charge is 0.203 e. The number of ketones is 1. The van der Waals surface area contributed by atoms with Crippen molar-refractivity contribution in [2.24, 2.45) is 0 Å². The van der Waals surface area contributed by atoms with Gasteiger partial charge in [-0.2, -0.15) is 0 Å². The van der Waals surface area contributed by atoms with Crippen LogP contribution in [0.25, 0.3) is 11.0 Å². The van der Waals surface area contributed by atoms with Crippen LogP contribution in [0.3, 0.4) is 0 Å². The number of furan rings is 1. The van der Waals surface area contributed by atoms with Crippen LogP contribution in [-0.2, 0) is 0 Å². The molecule has 0 amide bonds. The van der Waals surface area contributed by atoms with E-state index < -0.39 is 0 Å². The molecule has 8 heteroatoms. The van der Waals surface area contributed by atoms with Crippen molar-refractivity contribution in [1.82, 2.24) is 0 Å². The first-order valence-corrected chi connectivity index (χ1v) is 8.58. The van der Waals surface area contributed by atoms with Gasteiger partial charge >= 0.3 is 0 Å². The summed E-state index contributed by atoms with van der Waals surface area (Å²) in [5.74, 6) is 0.817. The Labute approximate surface area is 163 Å². The van der Waals surface area contributed by atoms with E-state index in [2.05, 4.69) is 15.9 Å². The van der Waals surface area contributed by atoms with Crippen molar-refractivity contribution in [3.63, 3.8) is 0 Å². The molecule has 3 rings (SSSR count). The lowest BCUT2D eigenvalue weighted by Gasteiger charge is -2.13. The van der Waals surface area contributed by atoms with Crippen molar-refractivity contribution in [1.29, 1.82) is 0 Å². The minimum Gasteiger partial charge on any atom is -0.502 e. The summed E-state index contributed by atoms with van der Waals surface area (Å²) in [6.07, 6.45) is 0. The van der Waals surface area contributed by atoms with Gasteiger partial charge in [0.1, 0.15) is 0 Å². The number of carbonyl (C=O) groups is 1. The van der Waals surface area contributed by atoms with E-state index in [1.54, 1.807) is 24.3 Å². The summed E-state index contributed by atoms with van der Waals surface area (Å²) in [5.41, 5.74) is 0.720. The van der Waals surface area contributed by atoms with Crippen molar-refractivity contribution in [3.05, 3.63) is 40.1 Å². The quantitative estimate of drug-likeness (QED) is 0.580. The highest BCUT2D eigenvalue weighted by molar-refractivity contribution is 9.10. The van der Waals surface area contributed by atoms with Crippen molar-refractivity contribution in [3.8, 4) is 28.7 Å². The summed E-state index contributed by atoms with van der Waals surface area (Å²) in [7, 11) is 5.86. The summed E-state index contributed by atoms with van der Waals surface area (Å²) >= 11 is 3.26. The molecule has 27 heavy (non-hydrogen) atoms. The number of benzene rings is 2. The number of ether oxygens (including phenoxy) is 4. The highest BCUT2D eigenvalue weighted by atomic mass is 79.9. The van der Waals surface area contributed by atoms with Crippen LogP contribution < -0.4 is 18.9 Å². The standard InChI is InChI=1S/C19H17BrO7/c1-23-11-6-5-10-14(19(20)27-17(10)16(11)22)15(21)9-7-12(24-2)18(26-4)13(8-9)25-3/h5-8,22H,1-4H3. The third-order valence-electron chi connectivity index (χ3n) is 4.13. The summed E-state index contributed by atoms with van der Waals surface area (Å²) in [6, 6.07) is 6.32. The molecule has 2 aromatic carbocycles. The molecule has 0 saturated heterocycles. The first kappa shape index (κ1) is 18.9. The Morgan fingerprint density at radius 1 is 0.963 bits per heavy atom. The second-order valence-corrected chi connectivity index (χ2v) is 6.21. The molecule has 0 unspecified atom stereocenters. The average Bonchev–Trinajstić information content (AvgIpc) is 3.03. The predicted molar refractivity (Wildman–Crippen MR) is 102 cm³/mol. The molecule has 0 spiro atoms. The summed E-state index contributed by atoms with van der Waals surface area (Å²) in [6.45, 7) is 0. The van der Waals surface area contributed by atoms with Crippen LogP contribution in [0.1, 0.15) is 15.9 Å². The minimum atomic E-state index is -0.343. The number of halogens is 1. The maximum Gasteiger partial charge on any atom is 0.203 e. The fourth-order valence-corrected chi connectivity index (χ4v) is 3.39. The molecule has 0 fully saturated rings. The molecule has 7 nitrogen and oxygen atoms in total. The van der Waals surface area contributed by atoms with E-state index in [0.717, 1.165) is 0 Å². The third-order valence-corrected chi connectivity index (χ3v) is 4.68. The maximum atomic E-state index is 13.2. The van der Waals surface area contributed by atoms with Gasteiger partial charge in [0.2, 0.25) is 11.5 Å². The molecule has 142 valence electrons. The van der Waals surface area contributed by atoms with Crippen LogP contribution >= 0.6 is 15.9 Å². The fraction of sp³-hybridized carbons (Fsp3) is 0.211. The molecule has 0 bridgehead atoms. The largest absolute Gasteiger partial charge is 0.502 e. The Kier molecular flexibility index (Phi) is 5.18. The van der Waals surface area contributed by atoms with Gasteiger partial charge in [0.05, 0.1) is 34.0 Å². The average molecular weight is 437 g/mol. The SMILES string of the molecule is COc1cc(C(=O)c2c(Br)oc3c(O)c(OC)ccc23)cc(OC)c1OC. The van der Waals surface area contributed by atoms with Gasteiger partial charge in [-0.1, -0.05) is 0 Å². The lowest BCUT2D eigenvalue weighted by molar-refractivity contribution is 0.103. The predicted octanol–water partition coefficient (Wildman–Crippen LogP) is 4.17. The van der Waals surface area contributed by atoms with Gasteiger partial charge in [-0.05, 0) is 40.2 Å². The van der Waals surface area contributed by atoms with Crippen molar-refractivity contribution < 1.29 is 33.3 Å². The van der Waals surface area contributed by atoms with Crippen LogP contribution in [0.4, 0.5) is 0 Å². The molecule has 0 aliphatic heterocycles. The van der Waals surface area contributed by atoms with Crippen LogP contribution in [-0.4, -0.2) is 39.3 Å². The molecule has 3 aromatic rings. The van der Waals surface area contributed by atoms with E-state index in [-0.39, 0.29) is 33.1 Å². The zero-order valence-electron chi connectivity index (χ0n) is 15.1. The van der Waals surface area contributed by atoms with Crippen LogP contribution in [0.2, 0.25) is 0 Å². The van der Waals surface area contributed by atoms with Gasteiger partial charge in [-0.25, -0.2) is 0 Å². The molecule has 0 saturated carbocycles. The number of aromatic hydroxyl groups is 1. The summed E-state index contributed by atoms with van der Waals surface area (Å²) in [4.78, 5) is 13.2. The molecule has 0 radical (unpaired) electrons. The first-order valence-electron chi connectivity index (χ1n) is 7.79. The van der Waals surface area contributed by atoms with Crippen LogP contribution in [0, 0.1) is 0 Å². The molecule has 1 N–H and O–H groups in total. The van der Waals surface area contributed by atoms with Crippen LogP contribution in [0.5, 0.6) is 28.7 Å². The van der Waals surface area contributed by atoms with Gasteiger partial charge in [-0.15, -0.1) is 0 Å². The summed E-state index contributed by atoms with van der Waals surface area (Å²) in [5, 5.41) is 10.7. The third kappa shape index (κ3) is 3.06. The van der Waals surface area contributed by atoms with Crippen molar-refractivity contribution in [2.75, 3.05) is 28.4 Å². The molecular formula is C19H17BrO7. The Bertz CT molecular complexity index is 998. The monoisotopic (exact) mass is 436 g/mol. The highest BCUT2D eigenvalue weighted by Gasteiger charge is 2.26. The second-order valence-electron chi connectivity index (χ2n) is 5.49. The molecular weight excluding hydrogens is 420 g/mol. The Morgan fingerprint density at radius 2 is 1.56 bits per heavy atom. The number of phenols is 1. The Balaban J connectivity index is 2.19. The number of methoxy groups -OCH3 is 4. The first-order chi connectivity index (χ1) is 13.0. The normalized spacial score (nSPS) is 10.7. The van der Waals surface area contributed by atoms with E-state index in [9.17, 15) is 9.90 Å². The molecule has 0 atom stereocenters. The number of phenolic OH excluding ortho intramolecular Hbond substituents is 1. The minimum absolute atomic E-state index is 0.150. The lowest BCUT2D eigenvalue weighted by Crippen LogP contribution is -2.04. The summed E-state index contributed by atoms with van der Waals surface area (Å²) < 4.78 is 26.7. The Hall–Kier alpha value is -2.87.